The van der Waals surface area contributed by atoms with Crippen LogP contribution >= 0.6 is 0 Å². The summed E-state index contributed by atoms with van der Waals surface area (Å²) in [4.78, 5) is 29.6. The predicted molar refractivity (Wildman–Crippen MR) is 422 cm³/mol. The lowest BCUT2D eigenvalue weighted by atomic mass is 9.87. The molecule has 2 fully saturated rings. The van der Waals surface area contributed by atoms with Gasteiger partial charge in [0.2, 0.25) is 12.6 Å². The second-order valence-electron chi connectivity index (χ2n) is 32.5. The molecule has 2 saturated heterocycles. The SMILES string of the molecule is COc1cc2ccc1O[C@@H]1O[C@H](COC(=O)c3ccc(c(OC)c3)O[C@@H]3O[C@H](COC2=O)[C@@H](OCc2ccc(CCCC(F)(F)C(F)(F)C(F)(F)C(F)(F)C(F)(F)C(F)(F)C(F)(F)C(F)(F)F)cc2)[C@H](OCc2ccccc2)[C@H]3OCc2ccccc2)[C@@H](OCc2ccc(CCCC(F)(F)C(F)(F)C(F)(F)C(F)(F)C(F)(F)C(F)(F)C(F)(F)C(F)(F)F)cc2)[C@H](OCc2ccccc2)[C@H]1OCc1ccccc1. The van der Waals surface area contributed by atoms with Gasteiger partial charge in [-0.2, -0.15) is 149 Å². The van der Waals surface area contributed by atoms with E-state index in [1.807, 2.05) is 0 Å². The first-order valence-corrected chi connectivity index (χ1v) is 41.8. The Morgan fingerprint density at radius 2 is 0.500 bits per heavy atom. The molecule has 0 amide bonds. The summed E-state index contributed by atoms with van der Waals surface area (Å²) in [5, 5.41) is 0. The van der Waals surface area contributed by atoms with Crippen LogP contribution < -0.4 is 18.9 Å². The van der Waals surface area contributed by atoms with Crippen LogP contribution in [-0.2, 0) is 99.9 Å². The number of aryl methyl sites for hydroxylation is 2. The van der Waals surface area contributed by atoms with Gasteiger partial charge in [-0.3, -0.25) is 0 Å². The quantitative estimate of drug-likeness (QED) is 0.0263. The molecule has 14 rings (SSSR count). The summed E-state index contributed by atoms with van der Waals surface area (Å²) < 4.78 is 570. The number of ether oxygens (including phenoxy) is 14. The molecule has 8 aromatic carbocycles. The van der Waals surface area contributed by atoms with E-state index in [-0.39, 0.29) is 82.8 Å². The Hall–Kier alpha value is -10.8. The van der Waals surface area contributed by atoms with Gasteiger partial charge in [-0.05, 0) is 107 Å². The normalized spacial score (nSPS) is 20.8. The van der Waals surface area contributed by atoms with E-state index in [1.54, 1.807) is 121 Å². The van der Waals surface area contributed by atoms with Gasteiger partial charge in [0.15, 0.2) is 23.0 Å². The maximum atomic E-state index is 15.1. The highest BCUT2D eigenvalue weighted by Crippen LogP contribution is 2.67. The summed E-state index contributed by atoms with van der Waals surface area (Å²) in [6.07, 6.45) is -41.9. The zero-order valence-corrected chi connectivity index (χ0v) is 72.7. The van der Waals surface area contributed by atoms with Crippen molar-refractivity contribution < 1.29 is 225 Å². The average Bonchev–Trinajstić information content (AvgIpc) is 0.696. The Labute approximate surface area is 781 Å². The van der Waals surface area contributed by atoms with Crippen LogP contribution in [0, 0.1) is 0 Å². The van der Waals surface area contributed by atoms with Gasteiger partial charge in [-0.25, -0.2) is 9.59 Å². The van der Waals surface area contributed by atoms with Crippen LogP contribution in [0.3, 0.4) is 0 Å². The van der Waals surface area contributed by atoms with Crippen LogP contribution in [0.4, 0.5) is 149 Å². The molecule has 0 unspecified atom stereocenters. The van der Waals surface area contributed by atoms with Crippen LogP contribution in [0.1, 0.15) is 90.9 Å². The largest absolute Gasteiger partial charge is 0.493 e. The van der Waals surface area contributed by atoms with Crippen molar-refractivity contribution in [2.24, 2.45) is 0 Å². The summed E-state index contributed by atoms with van der Waals surface area (Å²) in [5.74, 6) is -119. The first-order chi connectivity index (χ1) is 66.0. The van der Waals surface area contributed by atoms with Crippen LogP contribution in [0.15, 0.2) is 206 Å². The Morgan fingerprint density at radius 3 is 0.761 bits per heavy atom. The second kappa shape index (κ2) is 42.9. The number of methoxy groups -OCH3 is 2. The first-order valence-electron chi connectivity index (χ1n) is 41.8. The lowest BCUT2D eigenvalue weighted by Crippen LogP contribution is -2.74. The lowest BCUT2D eigenvalue weighted by Gasteiger charge is -2.45. The summed E-state index contributed by atoms with van der Waals surface area (Å²) in [7, 11) is 2.28. The molecule has 142 heavy (non-hydrogen) atoms. The molecular weight excluding hydrogens is 2010 g/mol. The van der Waals surface area contributed by atoms with Gasteiger partial charge in [0.1, 0.15) is 62.0 Å². The molecule has 0 N–H and O–H groups in total. The molecule has 6 aliphatic heterocycles. The Kier molecular flexibility index (Phi) is 33.7. The highest BCUT2D eigenvalue weighted by atomic mass is 19.4. The number of halogens is 34. The van der Waals surface area contributed by atoms with Gasteiger partial charge in [0.05, 0.1) is 65.0 Å². The highest BCUT2D eigenvalue weighted by Gasteiger charge is 2.97. The standard InChI is InChI=1S/C92H78F34O16/c1-129-63-41-59-35-37-61(63)139-75-71(135-45-55-21-11-5-12-22-55)69(133-43-53-17-7-3-8-18-53)67(131-47-57-31-27-51(28-32-57)25-15-39-77(93,94)79(97,98)81(101,102)83(105,106)85(109,110)87(113,114)89(117,118)91(121,122)123)65(141-75)50-138-74(128)60-36-38-62(64(42-60)130-2)140-76-72(136-46-56-23-13-6-14-24-56)70(134-44-54-19-9-4-10-20-54)68(66(142-76)49-137-73(59)127)132-48-58-33-29-52(30-34-58)26-16-40-78(95,96)80(99,100)82(103,104)84(107,108)86(111,112)88(115,116)90(119,120)92(124,125)126/h3-14,17-24,27-38,41-42,65-72,75-76H,15-16,25-26,39-40,43-50H2,1-2H3/t65-,66-,67-,68-,69+,70+,71-,72-,75-,76-/m1/s1. The molecule has 0 radical (unpaired) electrons. The van der Waals surface area contributed by atoms with Crippen LogP contribution in [0.25, 0.3) is 0 Å². The van der Waals surface area contributed by atoms with Crippen molar-refractivity contribution in [3.05, 3.63) is 262 Å². The molecule has 16 nitrogen and oxygen atoms in total. The van der Waals surface area contributed by atoms with E-state index in [4.69, 9.17) is 66.3 Å². The Balaban J connectivity index is 0.896. The molecule has 8 aromatic rings. The van der Waals surface area contributed by atoms with Crippen molar-refractivity contribution >= 4 is 11.9 Å². The van der Waals surface area contributed by atoms with E-state index in [1.165, 1.54) is 48.5 Å². The molecular formula is C92H78F34O16. The molecule has 10 atom stereocenters. The highest BCUT2D eigenvalue weighted by molar-refractivity contribution is 5.91. The minimum absolute atomic E-state index is 0.101. The molecule has 0 spiro atoms. The van der Waals surface area contributed by atoms with E-state index in [0.717, 1.165) is 50.6 Å². The molecule has 6 aliphatic rings. The lowest BCUT2D eigenvalue weighted by molar-refractivity contribution is -0.461. The molecule has 780 valence electrons. The molecule has 6 heterocycles. The molecule has 0 saturated carbocycles. The number of carbonyl (C=O) groups excluding carboxylic acids is 2. The number of hydrogen-bond donors (Lipinski definition) is 0. The maximum absolute atomic E-state index is 15.1. The summed E-state index contributed by atoms with van der Waals surface area (Å²) in [6.45, 7) is -4.00. The number of carbonyl (C=O) groups is 2. The predicted octanol–water partition coefficient (Wildman–Crippen LogP) is 24.1. The molecule has 8 bridgehead atoms. The minimum Gasteiger partial charge on any atom is -0.493 e. The fourth-order valence-electron chi connectivity index (χ4n) is 14.7. The number of benzene rings is 8. The average molecular weight is 2090 g/mol. The van der Waals surface area contributed by atoms with E-state index >= 15 is 17.6 Å². The number of hydrogen-bond acceptors (Lipinski definition) is 16. The Bertz CT molecular complexity index is 5140. The van der Waals surface area contributed by atoms with Crippen molar-refractivity contribution in [2.45, 2.75) is 235 Å². The third-order valence-corrected chi connectivity index (χ3v) is 22.8. The topological polar surface area (TPSA) is 163 Å². The van der Waals surface area contributed by atoms with E-state index in [9.17, 15) is 141 Å². The zero-order chi connectivity index (χ0) is 105. The molecule has 50 heteroatoms. The summed E-state index contributed by atoms with van der Waals surface area (Å²) in [5.41, 5.74) is 1.29. The van der Waals surface area contributed by atoms with Gasteiger partial charge in [-0.15, -0.1) is 0 Å². The third-order valence-electron chi connectivity index (χ3n) is 22.8. The summed E-state index contributed by atoms with van der Waals surface area (Å²) >= 11 is 0. The van der Waals surface area contributed by atoms with Crippen LogP contribution in [-0.4, -0.2) is 196 Å². The fourth-order valence-corrected chi connectivity index (χ4v) is 14.7. The Morgan fingerprint density at radius 1 is 0.268 bits per heavy atom. The van der Waals surface area contributed by atoms with Crippen molar-refractivity contribution in [1.82, 2.24) is 0 Å². The van der Waals surface area contributed by atoms with Gasteiger partial charge >= 0.3 is 107 Å². The molecule has 0 aromatic heterocycles. The third kappa shape index (κ3) is 22.5. The van der Waals surface area contributed by atoms with Crippen molar-refractivity contribution in [3.8, 4) is 23.0 Å². The van der Waals surface area contributed by atoms with E-state index < -0.39 is 234 Å². The minimum atomic E-state index is -8.81. The maximum Gasteiger partial charge on any atom is 0.460 e. The fraction of sp³-hybridized carbons (Fsp3) is 0.457. The van der Waals surface area contributed by atoms with Gasteiger partial charge in [-0.1, -0.05) is 170 Å². The van der Waals surface area contributed by atoms with Gasteiger partial charge in [0.25, 0.3) is 0 Å². The van der Waals surface area contributed by atoms with Crippen molar-refractivity contribution in [3.63, 3.8) is 0 Å². The van der Waals surface area contributed by atoms with E-state index in [2.05, 4.69) is 0 Å². The smallest absolute Gasteiger partial charge is 0.460 e. The van der Waals surface area contributed by atoms with E-state index in [0.29, 0.717) is 22.3 Å². The van der Waals surface area contributed by atoms with Gasteiger partial charge < -0.3 is 66.3 Å². The second-order valence-corrected chi connectivity index (χ2v) is 32.5. The van der Waals surface area contributed by atoms with Gasteiger partial charge in [0, 0.05) is 12.8 Å². The van der Waals surface area contributed by atoms with Crippen molar-refractivity contribution in [2.75, 3.05) is 27.4 Å². The zero-order valence-electron chi connectivity index (χ0n) is 72.7. The number of esters is 2. The first kappa shape index (κ1) is 112. The molecule has 0 aliphatic carbocycles. The van der Waals surface area contributed by atoms with Crippen molar-refractivity contribution in [1.29, 1.82) is 0 Å². The number of rotatable bonds is 40. The van der Waals surface area contributed by atoms with Crippen LogP contribution in [0.2, 0.25) is 0 Å². The van der Waals surface area contributed by atoms with Crippen LogP contribution in [0.5, 0.6) is 23.0 Å². The number of alkyl halides is 34. The monoisotopic (exact) mass is 2080 g/mol. The summed E-state index contributed by atoms with van der Waals surface area (Å²) in [6, 6.07) is 49.1.